The van der Waals surface area contributed by atoms with Gasteiger partial charge in [0.2, 0.25) is 5.88 Å². The number of aldehydes is 1. The first kappa shape index (κ1) is 49.1. The zero-order chi connectivity index (χ0) is 42.8. The van der Waals surface area contributed by atoms with Crippen LogP contribution in [0.3, 0.4) is 0 Å². The van der Waals surface area contributed by atoms with Crippen LogP contribution in [0.25, 0.3) is 0 Å². The summed E-state index contributed by atoms with van der Waals surface area (Å²) in [5.41, 5.74) is 14.4. The summed E-state index contributed by atoms with van der Waals surface area (Å²) in [7, 11) is 6.06. The summed E-state index contributed by atoms with van der Waals surface area (Å²) in [4.78, 5) is 19.3. The van der Waals surface area contributed by atoms with Gasteiger partial charge in [0.25, 0.3) is 0 Å². The van der Waals surface area contributed by atoms with E-state index in [-0.39, 0.29) is 53.4 Å². The highest BCUT2D eigenvalue weighted by Gasteiger charge is 2.35. The van der Waals surface area contributed by atoms with Gasteiger partial charge in [-0.05, 0) is 73.2 Å². The van der Waals surface area contributed by atoms with Crippen LogP contribution in [0.4, 0.5) is 11.5 Å². The first-order valence-corrected chi connectivity index (χ1v) is 20.5. The van der Waals surface area contributed by atoms with Crippen molar-refractivity contribution in [1.29, 1.82) is 15.8 Å². The van der Waals surface area contributed by atoms with Crippen LogP contribution >= 0.6 is 47.9 Å². The highest BCUT2D eigenvalue weighted by atomic mass is 32.2. The van der Waals surface area contributed by atoms with E-state index in [1.165, 1.54) is 36.1 Å². The summed E-state index contributed by atoms with van der Waals surface area (Å²) < 4.78 is 26.8. The predicted molar refractivity (Wildman–Crippen MR) is 238 cm³/mol. The summed E-state index contributed by atoms with van der Waals surface area (Å²) >= 11 is 9.17. The largest absolute Gasteiger partial charge is 0.507 e. The molecule has 0 radical (unpaired) electrons. The van der Waals surface area contributed by atoms with E-state index < -0.39 is 0 Å². The van der Waals surface area contributed by atoms with E-state index in [0.29, 0.717) is 40.6 Å². The summed E-state index contributed by atoms with van der Waals surface area (Å²) in [6.07, 6.45) is 4.65. The maximum Gasteiger partial charge on any atom is 0.228 e. The van der Waals surface area contributed by atoms with Gasteiger partial charge in [-0.2, -0.15) is 20.8 Å². The van der Waals surface area contributed by atoms with Gasteiger partial charge in [-0.3, -0.25) is 4.79 Å². The minimum Gasteiger partial charge on any atom is -0.507 e. The van der Waals surface area contributed by atoms with Crippen LogP contribution < -0.4 is 35.2 Å². The molecule has 17 heteroatoms. The molecule has 5 aromatic rings. The standard InChI is InChI=1S/C22H20N4O3S2.C9H10O4.C7H8S2.C3H2N2.CH4/c1-27-16-8-13-15(9-17(16)28-2)29-22-18(19(24)14(10-23)21(25)26-22)20(13)31-12-6-4-11(30-3)5-7-12;1-12-8-3-6(5-10)7(11)4-9(8)13-2;1-9-7-4-2-6(8)3-5-7;4-2-1-3-5;/h4-9,20H,1-3H3,(H4,24,25,26);3-5,11H,1-2H3;2-5,8H,1H3;1H2;1H4. The van der Waals surface area contributed by atoms with Crippen LogP contribution in [0, 0.1) is 34.0 Å². The second-order valence-corrected chi connectivity index (χ2v) is 14.7. The van der Waals surface area contributed by atoms with E-state index >= 15 is 0 Å². The van der Waals surface area contributed by atoms with Gasteiger partial charge in [0.1, 0.15) is 35.4 Å². The Labute approximate surface area is 363 Å². The lowest BCUT2D eigenvalue weighted by Crippen LogP contribution is -2.15. The van der Waals surface area contributed by atoms with Crippen molar-refractivity contribution in [2.45, 2.75) is 38.7 Å². The molecule has 0 spiro atoms. The van der Waals surface area contributed by atoms with E-state index in [0.717, 1.165) is 15.4 Å². The zero-order valence-electron chi connectivity index (χ0n) is 32.3. The summed E-state index contributed by atoms with van der Waals surface area (Å²) in [5.74, 6) is 2.69. The van der Waals surface area contributed by atoms with Crippen LogP contribution in [-0.2, 0) is 0 Å². The van der Waals surface area contributed by atoms with Crippen molar-refractivity contribution in [2.75, 3.05) is 52.4 Å². The third-order valence-corrected chi connectivity index (χ3v) is 10.9. The molecule has 0 fully saturated rings. The molecule has 1 aromatic heterocycles. The number of carbonyl (C=O) groups excluding carboxylic acids is 1. The van der Waals surface area contributed by atoms with Crippen molar-refractivity contribution in [3.8, 4) is 58.6 Å². The number of hydrogen-bond acceptors (Lipinski definition) is 17. The number of aromatic nitrogens is 1. The average molecular weight is 873 g/mol. The van der Waals surface area contributed by atoms with Crippen LogP contribution in [0.15, 0.2) is 92.4 Å². The number of aromatic hydroxyl groups is 1. The van der Waals surface area contributed by atoms with Gasteiger partial charge >= 0.3 is 0 Å². The molecule has 6 rings (SSSR count). The van der Waals surface area contributed by atoms with Crippen molar-refractivity contribution in [1.82, 2.24) is 4.98 Å². The smallest absolute Gasteiger partial charge is 0.228 e. The molecule has 1 aliphatic heterocycles. The Morgan fingerprint density at radius 2 is 1.31 bits per heavy atom. The number of thioether (sulfide) groups is 3. The number of benzene rings is 4. The number of nitrogens with two attached hydrogens (primary N) is 2. The van der Waals surface area contributed by atoms with Gasteiger partial charge in [0.05, 0.1) is 62.6 Å². The normalized spacial score (nSPS) is 11.3. The zero-order valence-corrected chi connectivity index (χ0v) is 35.6. The molecule has 59 heavy (non-hydrogen) atoms. The number of thiol groups is 1. The highest BCUT2D eigenvalue weighted by Crippen LogP contribution is 2.56. The number of hydrogen-bond donors (Lipinski definition) is 4. The minimum atomic E-state index is -0.293. The Kier molecular flexibility index (Phi) is 20.5. The van der Waals surface area contributed by atoms with Gasteiger partial charge in [-0.25, -0.2) is 0 Å². The number of phenolic OH excluding ortho intramolecular Hbond substituents is 1. The number of methoxy groups -OCH3 is 4. The molecule has 308 valence electrons. The lowest BCUT2D eigenvalue weighted by Gasteiger charge is -2.29. The molecular formula is C42H44N6O7S4. The summed E-state index contributed by atoms with van der Waals surface area (Å²) in [6, 6.07) is 28.1. The second kappa shape index (κ2) is 24.7. The molecule has 5 N–H and O–H groups in total. The number of rotatable bonds is 9. The maximum absolute atomic E-state index is 10.4. The SMILES string of the molecule is C.COc1cc(O)c(C=O)cc1OC.COc1cc2c(cc1OC)C(Sc1ccc(SC)cc1)c1c(nc(N)c(C#N)c1N)O2.CSc1ccc(S)cc1.N#CCC#N. The van der Waals surface area contributed by atoms with Crippen molar-refractivity contribution < 1.29 is 33.6 Å². The molecule has 0 saturated carbocycles. The lowest BCUT2D eigenvalue weighted by molar-refractivity contribution is 0.112. The molecule has 2 heterocycles. The second-order valence-electron chi connectivity index (χ2n) is 11.2. The van der Waals surface area contributed by atoms with Crippen molar-refractivity contribution in [3.05, 3.63) is 95.1 Å². The quantitative estimate of drug-likeness (QED) is 0.0615. The summed E-state index contributed by atoms with van der Waals surface area (Å²) in [5, 5.41) is 33.7. The third-order valence-electron chi connectivity index (χ3n) is 7.85. The van der Waals surface area contributed by atoms with Gasteiger partial charge in [0, 0.05) is 37.3 Å². The van der Waals surface area contributed by atoms with E-state index in [2.05, 4.69) is 66.3 Å². The van der Waals surface area contributed by atoms with E-state index in [1.54, 1.807) is 67.7 Å². The fourth-order valence-electron chi connectivity index (χ4n) is 5.00. The molecule has 4 aromatic carbocycles. The molecule has 1 atom stereocenters. The van der Waals surface area contributed by atoms with Crippen molar-refractivity contribution in [2.24, 2.45) is 0 Å². The minimum absolute atomic E-state index is 0. The monoisotopic (exact) mass is 872 g/mol. The Morgan fingerprint density at radius 1 is 0.814 bits per heavy atom. The molecule has 0 aliphatic carbocycles. The van der Waals surface area contributed by atoms with E-state index in [1.807, 2.05) is 24.5 Å². The first-order valence-electron chi connectivity index (χ1n) is 16.7. The fourth-order valence-corrected chi connectivity index (χ4v) is 7.19. The number of fused-ring (bicyclic) bond motifs is 2. The average Bonchev–Trinajstić information content (AvgIpc) is 3.24. The molecule has 0 bridgehead atoms. The Morgan fingerprint density at radius 3 is 1.78 bits per heavy atom. The van der Waals surface area contributed by atoms with Crippen LogP contribution in [0.5, 0.6) is 40.4 Å². The number of nitrogen functional groups attached to an aromatic ring is 2. The Hall–Kier alpha value is -6.03. The topological polar surface area (TPSA) is 220 Å². The predicted octanol–water partition coefficient (Wildman–Crippen LogP) is 9.82. The lowest BCUT2D eigenvalue weighted by atomic mass is 9.98. The van der Waals surface area contributed by atoms with Gasteiger partial charge in [-0.1, -0.05) is 7.43 Å². The van der Waals surface area contributed by atoms with Crippen LogP contribution in [0.1, 0.15) is 46.1 Å². The molecular weight excluding hydrogens is 829 g/mol. The van der Waals surface area contributed by atoms with Gasteiger partial charge < -0.3 is 40.3 Å². The number of carbonyl (C=O) groups is 1. The van der Waals surface area contributed by atoms with Crippen molar-refractivity contribution in [3.63, 3.8) is 0 Å². The molecule has 13 nitrogen and oxygen atoms in total. The van der Waals surface area contributed by atoms with Crippen LogP contribution in [-0.4, -0.2) is 57.3 Å². The Balaban J connectivity index is 0.000000350. The Bertz CT molecular complexity index is 2300. The van der Waals surface area contributed by atoms with Crippen LogP contribution in [0.2, 0.25) is 0 Å². The summed E-state index contributed by atoms with van der Waals surface area (Å²) in [6.45, 7) is 0. The van der Waals surface area contributed by atoms with Gasteiger partial charge in [-0.15, -0.1) is 47.9 Å². The number of phenols is 1. The van der Waals surface area contributed by atoms with E-state index in [9.17, 15) is 15.2 Å². The fraction of sp³-hybridized carbons (Fsp3) is 0.214. The molecule has 0 amide bonds. The molecule has 1 unspecified atom stereocenters. The van der Waals surface area contributed by atoms with E-state index in [4.69, 9.17) is 45.7 Å². The number of nitrogens with zero attached hydrogens (tertiary/aromatic N) is 4. The number of ether oxygens (including phenoxy) is 5. The number of pyridine rings is 1. The number of nitriles is 3. The third kappa shape index (κ3) is 13.0. The highest BCUT2D eigenvalue weighted by molar-refractivity contribution is 8.00. The number of anilines is 2. The molecule has 1 aliphatic rings. The first-order chi connectivity index (χ1) is 28.0. The van der Waals surface area contributed by atoms with Gasteiger partial charge in [0.15, 0.2) is 29.3 Å². The van der Waals surface area contributed by atoms with Crippen molar-refractivity contribution >= 4 is 65.7 Å². The maximum atomic E-state index is 10.4. The molecule has 0 saturated heterocycles.